The average molecular weight is 315 g/mol. The van der Waals surface area contributed by atoms with Crippen molar-refractivity contribution in [1.29, 1.82) is 0 Å². The van der Waals surface area contributed by atoms with Crippen LogP contribution in [0.25, 0.3) is 0 Å². The van der Waals surface area contributed by atoms with E-state index in [-0.39, 0.29) is 22.7 Å². The molecule has 1 aromatic rings. The van der Waals surface area contributed by atoms with Crippen LogP contribution in [0.15, 0.2) is 17.2 Å². The van der Waals surface area contributed by atoms with Crippen LogP contribution in [-0.2, 0) is 14.8 Å². The van der Waals surface area contributed by atoms with E-state index in [9.17, 15) is 13.2 Å². The van der Waals surface area contributed by atoms with Crippen molar-refractivity contribution in [2.24, 2.45) is 5.14 Å². The number of rotatable bonds is 4. The van der Waals surface area contributed by atoms with Gasteiger partial charge in [0.25, 0.3) is 0 Å². The first-order valence-electron chi connectivity index (χ1n) is 6.95. The third-order valence-electron chi connectivity index (χ3n) is 3.41. The standard InChI is InChI=1S/C13H21N3O4S/c1-9(2)20-13(17)12-7-11(21(14,18)19)8-16(12)10-3-5-15-6-4-10/h7-10,15H,3-6H2,1-2H3,(H2,14,18,19). The third kappa shape index (κ3) is 3.84. The Kier molecular flexibility index (Phi) is 4.70. The molecule has 7 nitrogen and oxygen atoms in total. The zero-order valence-corrected chi connectivity index (χ0v) is 13.0. The van der Waals surface area contributed by atoms with Gasteiger partial charge in [-0.1, -0.05) is 0 Å². The summed E-state index contributed by atoms with van der Waals surface area (Å²) in [5.74, 6) is -0.529. The zero-order chi connectivity index (χ0) is 15.6. The van der Waals surface area contributed by atoms with Gasteiger partial charge in [-0.2, -0.15) is 0 Å². The van der Waals surface area contributed by atoms with E-state index in [4.69, 9.17) is 9.88 Å². The van der Waals surface area contributed by atoms with Crippen LogP contribution in [0, 0.1) is 0 Å². The fourth-order valence-electron chi connectivity index (χ4n) is 2.43. The van der Waals surface area contributed by atoms with Gasteiger partial charge < -0.3 is 14.6 Å². The lowest BCUT2D eigenvalue weighted by Crippen LogP contribution is -2.30. The Morgan fingerprint density at radius 3 is 2.57 bits per heavy atom. The Morgan fingerprint density at radius 1 is 1.43 bits per heavy atom. The maximum atomic E-state index is 12.2. The van der Waals surface area contributed by atoms with Crippen molar-refractivity contribution in [2.75, 3.05) is 13.1 Å². The molecule has 1 saturated heterocycles. The van der Waals surface area contributed by atoms with Gasteiger partial charge in [0.1, 0.15) is 10.6 Å². The number of esters is 1. The summed E-state index contributed by atoms with van der Waals surface area (Å²) in [7, 11) is -3.85. The van der Waals surface area contributed by atoms with Crippen molar-refractivity contribution in [2.45, 2.75) is 43.7 Å². The van der Waals surface area contributed by atoms with E-state index in [1.807, 2.05) is 0 Å². The van der Waals surface area contributed by atoms with Crippen LogP contribution < -0.4 is 10.5 Å². The Balaban J connectivity index is 2.40. The molecule has 21 heavy (non-hydrogen) atoms. The van der Waals surface area contributed by atoms with Crippen molar-refractivity contribution in [1.82, 2.24) is 9.88 Å². The van der Waals surface area contributed by atoms with Gasteiger partial charge in [-0.15, -0.1) is 0 Å². The first kappa shape index (κ1) is 16.0. The molecule has 0 radical (unpaired) electrons. The van der Waals surface area contributed by atoms with E-state index in [1.54, 1.807) is 18.4 Å². The first-order valence-corrected chi connectivity index (χ1v) is 8.50. The molecule has 0 amide bonds. The fraction of sp³-hybridized carbons (Fsp3) is 0.615. The van der Waals surface area contributed by atoms with Crippen molar-refractivity contribution in [3.8, 4) is 0 Å². The van der Waals surface area contributed by atoms with E-state index < -0.39 is 16.0 Å². The number of hydrogen-bond donors (Lipinski definition) is 2. The minimum absolute atomic E-state index is 0.0586. The van der Waals surface area contributed by atoms with Crippen molar-refractivity contribution in [3.63, 3.8) is 0 Å². The second kappa shape index (κ2) is 6.17. The molecule has 1 aliphatic heterocycles. The number of sulfonamides is 1. The molecule has 0 atom stereocenters. The number of carbonyl (C=O) groups excluding carboxylic acids is 1. The van der Waals surface area contributed by atoms with Gasteiger partial charge in [-0.25, -0.2) is 18.4 Å². The highest BCUT2D eigenvalue weighted by Crippen LogP contribution is 2.25. The smallest absolute Gasteiger partial charge is 0.355 e. The lowest BCUT2D eigenvalue weighted by Gasteiger charge is -2.25. The average Bonchev–Trinajstić information content (AvgIpc) is 2.84. The molecule has 2 heterocycles. The molecule has 0 aromatic carbocycles. The van der Waals surface area contributed by atoms with Crippen molar-refractivity contribution < 1.29 is 17.9 Å². The molecule has 2 rings (SSSR count). The predicted octanol–water partition coefficient (Wildman–Crippen LogP) is 0.625. The van der Waals surface area contributed by atoms with Gasteiger partial charge in [-0.3, -0.25) is 0 Å². The third-order valence-corrected chi connectivity index (χ3v) is 4.29. The number of aromatic nitrogens is 1. The molecule has 0 aliphatic carbocycles. The number of primary sulfonamides is 1. The van der Waals surface area contributed by atoms with Crippen molar-refractivity contribution >= 4 is 16.0 Å². The summed E-state index contributed by atoms with van der Waals surface area (Å²) < 4.78 is 29.9. The number of ether oxygens (including phenoxy) is 1. The quantitative estimate of drug-likeness (QED) is 0.793. The molecular formula is C13H21N3O4S. The number of carbonyl (C=O) groups is 1. The molecule has 0 spiro atoms. The minimum atomic E-state index is -3.85. The molecule has 0 bridgehead atoms. The molecule has 0 saturated carbocycles. The zero-order valence-electron chi connectivity index (χ0n) is 12.2. The number of hydrogen-bond acceptors (Lipinski definition) is 5. The van der Waals surface area contributed by atoms with Gasteiger partial charge in [0.2, 0.25) is 10.0 Å². The Morgan fingerprint density at radius 2 is 2.05 bits per heavy atom. The normalized spacial score (nSPS) is 17.1. The summed E-state index contributed by atoms with van der Waals surface area (Å²) in [6.07, 6.45) is 2.80. The maximum absolute atomic E-state index is 12.2. The highest BCUT2D eigenvalue weighted by molar-refractivity contribution is 7.89. The second-order valence-electron chi connectivity index (χ2n) is 5.45. The molecule has 0 unspecified atom stereocenters. The summed E-state index contributed by atoms with van der Waals surface area (Å²) in [5.41, 5.74) is 0.236. The summed E-state index contributed by atoms with van der Waals surface area (Å²) in [5, 5.41) is 8.39. The van der Waals surface area contributed by atoms with E-state index in [0.717, 1.165) is 25.9 Å². The number of piperidine rings is 1. The molecule has 8 heteroatoms. The van der Waals surface area contributed by atoms with Gasteiger partial charge in [-0.05, 0) is 45.8 Å². The number of nitrogens with one attached hydrogen (secondary N) is 1. The van der Waals surface area contributed by atoms with Gasteiger partial charge in [0.05, 0.1) is 6.10 Å². The van der Waals surface area contributed by atoms with Gasteiger partial charge in [0, 0.05) is 12.2 Å². The first-order chi connectivity index (χ1) is 9.79. The Hall–Kier alpha value is -1.38. The molecule has 118 valence electrons. The van der Waals surface area contributed by atoms with Crippen LogP contribution in [0.3, 0.4) is 0 Å². The topological polar surface area (TPSA) is 103 Å². The number of nitrogens with zero attached hydrogens (tertiary/aromatic N) is 1. The molecule has 1 fully saturated rings. The minimum Gasteiger partial charge on any atom is -0.458 e. The van der Waals surface area contributed by atoms with Gasteiger partial charge >= 0.3 is 5.97 Å². The highest BCUT2D eigenvalue weighted by atomic mass is 32.2. The molecular weight excluding hydrogens is 294 g/mol. The summed E-state index contributed by atoms with van der Waals surface area (Å²) in [6, 6.07) is 1.36. The van der Waals surface area contributed by atoms with Crippen LogP contribution in [0.2, 0.25) is 0 Å². The largest absolute Gasteiger partial charge is 0.458 e. The van der Waals surface area contributed by atoms with E-state index >= 15 is 0 Å². The van der Waals surface area contributed by atoms with Crippen LogP contribution in [-0.4, -0.2) is 38.1 Å². The van der Waals surface area contributed by atoms with E-state index in [1.165, 1.54) is 12.3 Å². The van der Waals surface area contributed by atoms with E-state index in [2.05, 4.69) is 5.32 Å². The maximum Gasteiger partial charge on any atom is 0.355 e. The Labute approximate surface area is 124 Å². The summed E-state index contributed by atoms with van der Waals surface area (Å²) >= 11 is 0. The van der Waals surface area contributed by atoms with Crippen LogP contribution in [0.1, 0.15) is 43.2 Å². The van der Waals surface area contributed by atoms with Crippen LogP contribution in [0.5, 0.6) is 0 Å². The monoisotopic (exact) mass is 315 g/mol. The summed E-state index contributed by atoms with van der Waals surface area (Å²) in [4.78, 5) is 12.1. The second-order valence-corrected chi connectivity index (χ2v) is 7.01. The van der Waals surface area contributed by atoms with E-state index in [0.29, 0.717) is 0 Å². The van der Waals surface area contributed by atoms with Crippen molar-refractivity contribution in [3.05, 3.63) is 18.0 Å². The fourth-order valence-corrected chi connectivity index (χ4v) is 2.97. The van der Waals surface area contributed by atoms with Gasteiger partial charge in [0.15, 0.2) is 0 Å². The molecule has 1 aromatic heterocycles. The summed E-state index contributed by atoms with van der Waals surface area (Å²) in [6.45, 7) is 5.14. The van der Waals surface area contributed by atoms with Crippen LogP contribution in [0.4, 0.5) is 0 Å². The highest BCUT2D eigenvalue weighted by Gasteiger charge is 2.25. The lowest BCUT2D eigenvalue weighted by molar-refractivity contribution is 0.0361. The SMILES string of the molecule is CC(C)OC(=O)c1cc(S(N)(=O)=O)cn1C1CCNCC1. The van der Waals surface area contributed by atoms with Crippen LogP contribution >= 0.6 is 0 Å². The predicted molar refractivity (Wildman–Crippen MR) is 77.5 cm³/mol. The Bertz CT molecular complexity index is 615. The lowest BCUT2D eigenvalue weighted by atomic mass is 10.1. The molecule has 3 N–H and O–H groups in total. The number of nitrogens with two attached hydrogens (primary N) is 1. The molecule has 1 aliphatic rings.